The summed E-state index contributed by atoms with van der Waals surface area (Å²) in [5, 5.41) is 9.58. The zero-order valence-corrected chi connectivity index (χ0v) is 44.0. The van der Waals surface area contributed by atoms with Crippen molar-refractivity contribution in [2.45, 2.75) is 75.0 Å². The quantitative estimate of drug-likeness (QED) is 0.0809. The number of hydrogen-bond donors (Lipinski definition) is 3. The summed E-state index contributed by atoms with van der Waals surface area (Å²) in [6, 6.07) is 9.66. The Bertz CT molecular complexity index is 3140. The van der Waals surface area contributed by atoms with Gasteiger partial charge in [-0.15, -0.1) is 0 Å². The van der Waals surface area contributed by atoms with Crippen molar-refractivity contribution in [1.29, 1.82) is 0 Å². The smallest absolute Gasteiger partial charge is 0.262 e. The molecule has 5 aliphatic heterocycles. The molecule has 2 aromatic heterocycles. The second kappa shape index (κ2) is 19.8. The number of carbonyl (C=O) groups excluding carboxylic acids is 4. The molecule has 4 saturated heterocycles. The minimum atomic E-state index is -2.80. The predicted molar refractivity (Wildman–Crippen MR) is 281 cm³/mol. The molecule has 4 amide bonds. The van der Waals surface area contributed by atoms with Gasteiger partial charge in [0.2, 0.25) is 17.8 Å². The number of methoxy groups -OCH3 is 1. The van der Waals surface area contributed by atoms with Crippen molar-refractivity contribution in [2.75, 3.05) is 99.8 Å². The largest absolute Gasteiger partial charge is 0.494 e. The maximum absolute atomic E-state index is 16.5. The molecule has 18 nitrogen and oxygen atoms in total. The lowest BCUT2D eigenvalue weighted by molar-refractivity contribution is -0.136. The number of piperazine rings is 1. The molecule has 5 fully saturated rings. The van der Waals surface area contributed by atoms with Gasteiger partial charge in [0.15, 0.2) is 0 Å². The number of ether oxygens (including phenoxy) is 1. The molecule has 0 radical (unpaired) electrons. The maximum atomic E-state index is 16.5. The molecule has 22 heteroatoms. The summed E-state index contributed by atoms with van der Waals surface area (Å²) in [6.07, 6.45) is 9.49. The molecule has 3 N–H and O–H groups in total. The Morgan fingerprint density at radius 3 is 2.22 bits per heavy atom. The molecule has 5 aromatic rings. The van der Waals surface area contributed by atoms with Gasteiger partial charge in [0, 0.05) is 115 Å². The number of rotatable bonds is 13. The number of aromatic nitrogens is 4. The predicted octanol–water partition coefficient (Wildman–Crippen LogP) is 6.94. The van der Waals surface area contributed by atoms with E-state index in [4.69, 9.17) is 9.72 Å². The summed E-state index contributed by atoms with van der Waals surface area (Å²) in [6.45, 7) is 9.21. The lowest BCUT2D eigenvalue weighted by Gasteiger charge is -2.45. The van der Waals surface area contributed by atoms with Crippen LogP contribution in [-0.4, -0.2) is 155 Å². The average Bonchev–Trinajstić information content (AvgIpc) is 4.21. The highest BCUT2D eigenvalue weighted by Gasteiger charge is 2.46. The fourth-order valence-corrected chi connectivity index (χ4v) is 13.1. The van der Waals surface area contributed by atoms with Gasteiger partial charge in [0.1, 0.15) is 41.8 Å². The number of nitrogens with zero attached hydrogens (tertiary/aromatic N) is 9. The van der Waals surface area contributed by atoms with E-state index in [1.54, 1.807) is 43.9 Å². The molecular formula is C52H58BrF2N12O6P. The Kier molecular flexibility index (Phi) is 13.4. The number of piperidine rings is 3. The number of alkyl halides is 1. The van der Waals surface area contributed by atoms with E-state index >= 15 is 8.78 Å². The van der Waals surface area contributed by atoms with Crippen LogP contribution in [0, 0.1) is 5.82 Å². The molecule has 0 spiro atoms. The summed E-state index contributed by atoms with van der Waals surface area (Å²) < 4.78 is 52.4. The summed E-state index contributed by atoms with van der Waals surface area (Å²) in [7, 11) is -1.14. The Morgan fingerprint density at radius 2 is 1.53 bits per heavy atom. The van der Waals surface area contributed by atoms with E-state index in [0.29, 0.717) is 62.5 Å². The first-order valence-electron chi connectivity index (χ1n) is 25.3. The van der Waals surface area contributed by atoms with Gasteiger partial charge in [-0.2, -0.15) is 4.98 Å². The van der Waals surface area contributed by atoms with Crippen LogP contribution in [0.5, 0.6) is 5.75 Å². The lowest BCUT2D eigenvalue weighted by atomic mass is 9.91. The van der Waals surface area contributed by atoms with E-state index in [1.807, 2.05) is 12.1 Å². The van der Waals surface area contributed by atoms with Crippen LogP contribution in [0.15, 0.2) is 59.5 Å². The number of nitrogens with one attached hydrogen (secondary N) is 3. The molecule has 388 valence electrons. The monoisotopic (exact) mass is 1090 g/mol. The second-order valence-corrected chi connectivity index (χ2v) is 24.7. The highest BCUT2D eigenvalue weighted by atomic mass is 79.9. The molecule has 1 saturated carbocycles. The van der Waals surface area contributed by atoms with Crippen molar-refractivity contribution in [3.8, 4) is 5.75 Å². The first kappa shape index (κ1) is 50.0. The van der Waals surface area contributed by atoms with Crippen molar-refractivity contribution in [2.24, 2.45) is 0 Å². The van der Waals surface area contributed by atoms with Crippen molar-refractivity contribution >= 4 is 97.6 Å². The van der Waals surface area contributed by atoms with Gasteiger partial charge in [-0.25, -0.2) is 13.8 Å². The number of carbonyl (C=O) groups is 4. The zero-order chi connectivity index (χ0) is 51.6. The standard InChI is InChI=1S/C52H58BrF2N12O6P/c1-73-43-27-41(32(30-4-5-30)25-39(43)60-51-58-28-35(53)47(62-51)59-38-7-6-37-45(57-15-14-56-37)46(38)74(2,3)72)65-16-10-31(11-17-65)64-22-20-63(21-23-64)29-52(55)12-18-66(19-13-52)42-26-34-33(24-36(42)54)49(70)67(50(34)71)40-8-9-44(68)61-48(40)69/h6-7,14-15,24-28,30-31,40H,4-5,8-13,16-23,29H2,1-3H3,(H,61,68,69)(H2,58,59,60,62). The number of imide groups is 2. The Morgan fingerprint density at radius 1 is 0.824 bits per heavy atom. The van der Waals surface area contributed by atoms with Gasteiger partial charge in [-0.05, 0) is 103 Å². The van der Waals surface area contributed by atoms with Crippen molar-refractivity contribution in [3.63, 3.8) is 0 Å². The minimum Gasteiger partial charge on any atom is -0.494 e. The van der Waals surface area contributed by atoms with Gasteiger partial charge >= 0.3 is 0 Å². The normalized spacial score (nSPS) is 21.1. The van der Waals surface area contributed by atoms with Crippen LogP contribution < -0.4 is 35.8 Å². The third kappa shape index (κ3) is 9.83. The minimum absolute atomic E-state index is 0.00176. The number of halogens is 3. The highest BCUT2D eigenvalue weighted by molar-refractivity contribution is 9.10. The van der Waals surface area contributed by atoms with Gasteiger partial charge < -0.3 is 29.7 Å². The maximum Gasteiger partial charge on any atom is 0.262 e. The third-order valence-electron chi connectivity index (χ3n) is 15.5. The van der Waals surface area contributed by atoms with Gasteiger partial charge in [0.25, 0.3) is 11.8 Å². The fraction of sp³-hybridized carbons (Fsp3) is 0.462. The van der Waals surface area contributed by atoms with E-state index < -0.39 is 48.3 Å². The zero-order valence-electron chi connectivity index (χ0n) is 41.5. The van der Waals surface area contributed by atoms with Gasteiger partial charge in [-0.3, -0.25) is 49.2 Å². The molecule has 3 aromatic carbocycles. The Hall–Kier alpha value is -6.15. The molecule has 7 heterocycles. The number of anilines is 6. The first-order valence-corrected chi connectivity index (χ1v) is 28.7. The fourth-order valence-electron chi connectivity index (χ4n) is 11.5. The van der Waals surface area contributed by atoms with Crippen molar-refractivity contribution < 1.29 is 37.3 Å². The summed E-state index contributed by atoms with van der Waals surface area (Å²) in [5.74, 6) is -1.39. The number of hydrogen-bond acceptors (Lipinski definition) is 16. The first-order chi connectivity index (χ1) is 35.5. The van der Waals surface area contributed by atoms with E-state index in [-0.39, 0.29) is 55.6 Å². The summed E-state index contributed by atoms with van der Waals surface area (Å²) in [4.78, 5) is 79.0. The molecule has 1 aliphatic carbocycles. The van der Waals surface area contributed by atoms with E-state index in [1.165, 1.54) is 17.3 Å². The molecule has 0 bridgehead atoms. The number of benzene rings is 3. The average molecular weight is 1100 g/mol. The molecule has 6 aliphatic rings. The SMILES string of the molecule is COc1cc(N2CCC(N3CCN(CC4(F)CCN(c5cc6c(cc5F)C(=O)N(C5CCC(=O)NC5=O)C6=O)CC4)CC3)CC2)c(C2CC2)cc1Nc1ncc(Br)c(Nc2ccc3nccnc3c2P(C)(C)=O)n1. The van der Waals surface area contributed by atoms with E-state index in [9.17, 15) is 23.7 Å². The van der Waals surface area contributed by atoms with Crippen LogP contribution in [0.2, 0.25) is 0 Å². The van der Waals surface area contributed by atoms with Crippen LogP contribution in [0.3, 0.4) is 0 Å². The summed E-state index contributed by atoms with van der Waals surface area (Å²) in [5.41, 5.74) is 3.63. The summed E-state index contributed by atoms with van der Waals surface area (Å²) >= 11 is 3.60. The molecular weight excluding hydrogens is 1040 g/mol. The van der Waals surface area contributed by atoms with Crippen molar-refractivity contribution in [3.05, 3.63) is 82.0 Å². The van der Waals surface area contributed by atoms with Gasteiger partial charge in [0.05, 0.1) is 50.6 Å². The molecule has 1 atom stereocenters. The molecule has 74 heavy (non-hydrogen) atoms. The van der Waals surface area contributed by atoms with Crippen LogP contribution >= 0.6 is 23.1 Å². The van der Waals surface area contributed by atoms with Gasteiger partial charge in [-0.1, -0.05) is 0 Å². The number of amides is 4. The highest BCUT2D eigenvalue weighted by Crippen LogP contribution is 2.49. The van der Waals surface area contributed by atoms with Crippen LogP contribution in [0.1, 0.15) is 83.6 Å². The topological polar surface area (TPSA) is 198 Å². The van der Waals surface area contributed by atoms with E-state index in [2.05, 4.69) is 73.7 Å². The van der Waals surface area contributed by atoms with Crippen LogP contribution in [0.25, 0.3) is 11.0 Å². The molecule has 11 rings (SSSR count). The van der Waals surface area contributed by atoms with Crippen LogP contribution in [-0.2, 0) is 14.2 Å². The third-order valence-corrected chi connectivity index (χ3v) is 17.6. The number of fused-ring (bicyclic) bond motifs is 2. The van der Waals surface area contributed by atoms with E-state index in [0.717, 1.165) is 81.6 Å². The van der Waals surface area contributed by atoms with Crippen LogP contribution in [0.4, 0.5) is 43.3 Å². The Balaban J connectivity index is 0.687. The second-order valence-electron chi connectivity index (χ2n) is 20.7. The lowest BCUT2D eigenvalue weighted by Crippen LogP contribution is -2.56. The Labute approximate surface area is 435 Å². The molecule has 1 unspecified atom stereocenters. The van der Waals surface area contributed by atoms with Crippen molar-refractivity contribution in [1.82, 2.24) is 40.0 Å².